The molecule has 2 aromatic rings. The first kappa shape index (κ1) is 15.6. The third kappa shape index (κ3) is 3.39. The van der Waals surface area contributed by atoms with Gasteiger partial charge in [0, 0.05) is 12.8 Å². The zero-order valence-corrected chi connectivity index (χ0v) is 13.8. The molecule has 1 aliphatic heterocycles. The maximum atomic E-state index is 11.0. The molecule has 0 bridgehead atoms. The van der Waals surface area contributed by atoms with Crippen molar-refractivity contribution in [3.8, 4) is 11.5 Å². The summed E-state index contributed by atoms with van der Waals surface area (Å²) in [6.07, 6.45) is 2.11. The third-order valence-electron chi connectivity index (χ3n) is 4.36. The predicted octanol–water partition coefficient (Wildman–Crippen LogP) is 4.42. The van der Waals surface area contributed by atoms with E-state index in [0.29, 0.717) is 11.7 Å². The molecule has 1 aliphatic rings. The average Bonchev–Trinajstić information content (AvgIpc) is 2.53. The molecular formula is C20H22O3. The van der Waals surface area contributed by atoms with E-state index in [1.807, 2.05) is 24.3 Å². The lowest BCUT2D eigenvalue weighted by Crippen LogP contribution is -2.30. The SMILES string of the molecule is CCC1Oc2cc(C)ccc2CC1c1ccc(OC(C)=O)cc1. The lowest BCUT2D eigenvalue weighted by atomic mass is 9.83. The van der Waals surface area contributed by atoms with Crippen LogP contribution in [-0.2, 0) is 11.2 Å². The van der Waals surface area contributed by atoms with E-state index in [9.17, 15) is 4.79 Å². The molecule has 0 radical (unpaired) electrons. The summed E-state index contributed by atoms with van der Waals surface area (Å²) in [4.78, 5) is 11.0. The van der Waals surface area contributed by atoms with E-state index < -0.39 is 0 Å². The fourth-order valence-electron chi connectivity index (χ4n) is 3.20. The first-order valence-corrected chi connectivity index (χ1v) is 8.11. The third-order valence-corrected chi connectivity index (χ3v) is 4.36. The Labute approximate surface area is 137 Å². The summed E-state index contributed by atoms with van der Waals surface area (Å²) in [5, 5.41) is 0. The molecule has 0 aromatic heterocycles. The first-order valence-electron chi connectivity index (χ1n) is 8.11. The van der Waals surface area contributed by atoms with Gasteiger partial charge in [-0.2, -0.15) is 0 Å². The minimum absolute atomic E-state index is 0.170. The molecule has 1 heterocycles. The summed E-state index contributed by atoms with van der Waals surface area (Å²) in [5.74, 6) is 1.63. The Morgan fingerprint density at radius 1 is 1.22 bits per heavy atom. The van der Waals surface area contributed by atoms with Crippen molar-refractivity contribution >= 4 is 5.97 Å². The Hall–Kier alpha value is -2.29. The Bertz CT molecular complexity index is 703. The second-order valence-electron chi connectivity index (χ2n) is 6.15. The van der Waals surface area contributed by atoms with Gasteiger partial charge >= 0.3 is 5.97 Å². The normalized spacial score (nSPS) is 19.6. The first-order chi connectivity index (χ1) is 11.1. The zero-order chi connectivity index (χ0) is 16.4. The van der Waals surface area contributed by atoms with E-state index in [1.54, 1.807) is 0 Å². The fraction of sp³-hybridized carbons (Fsp3) is 0.350. The molecule has 0 saturated heterocycles. The van der Waals surface area contributed by atoms with Gasteiger partial charge in [-0.05, 0) is 54.7 Å². The lowest BCUT2D eigenvalue weighted by molar-refractivity contribution is -0.131. The Morgan fingerprint density at radius 3 is 2.61 bits per heavy atom. The molecule has 3 nitrogen and oxygen atoms in total. The molecule has 2 aromatic carbocycles. The predicted molar refractivity (Wildman–Crippen MR) is 90.1 cm³/mol. The molecule has 2 atom stereocenters. The molecule has 0 aliphatic carbocycles. The molecule has 3 heteroatoms. The van der Waals surface area contributed by atoms with Crippen molar-refractivity contribution in [2.45, 2.75) is 45.6 Å². The summed E-state index contributed by atoms with van der Waals surface area (Å²) in [6.45, 7) is 5.66. The monoisotopic (exact) mass is 310 g/mol. The van der Waals surface area contributed by atoms with Crippen LogP contribution in [0.4, 0.5) is 0 Å². The minimum atomic E-state index is -0.297. The van der Waals surface area contributed by atoms with E-state index in [4.69, 9.17) is 9.47 Å². The molecule has 0 N–H and O–H groups in total. The number of aryl methyl sites for hydroxylation is 1. The number of benzene rings is 2. The van der Waals surface area contributed by atoms with E-state index in [2.05, 4.69) is 32.0 Å². The highest BCUT2D eigenvalue weighted by Crippen LogP contribution is 2.38. The Morgan fingerprint density at radius 2 is 1.96 bits per heavy atom. The van der Waals surface area contributed by atoms with Crippen LogP contribution in [0.2, 0.25) is 0 Å². The zero-order valence-electron chi connectivity index (χ0n) is 13.8. The summed E-state index contributed by atoms with van der Waals surface area (Å²) in [6, 6.07) is 14.2. The van der Waals surface area contributed by atoms with Gasteiger partial charge in [0.25, 0.3) is 0 Å². The van der Waals surface area contributed by atoms with Gasteiger partial charge in [0.1, 0.15) is 17.6 Å². The maximum Gasteiger partial charge on any atom is 0.308 e. The Balaban J connectivity index is 1.86. The van der Waals surface area contributed by atoms with Crippen LogP contribution in [0.1, 0.15) is 42.9 Å². The summed E-state index contributed by atoms with van der Waals surface area (Å²) >= 11 is 0. The van der Waals surface area contributed by atoms with Crippen molar-refractivity contribution in [3.05, 3.63) is 59.2 Å². The standard InChI is InChI=1S/C20H22O3/c1-4-19-18(12-16-6-5-13(2)11-20(16)23-19)15-7-9-17(10-8-15)22-14(3)21/h5-11,18-19H,4,12H2,1-3H3. The molecule has 0 amide bonds. The average molecular weight is 310 g/mol. The summed E-state index contributed by atoms with van der Waals surface area (Å²) < 4.78 is 11.3. The maximum absolute atomic E-state index is 11.0. The van der Waals surface area contributed by atoms with E-state index >= 15 is 0 Å². The van der Waals surface area contributed by atoms with Gasteiger partial charge < -0.3 is 9.47 Å². The quantitative estimate of drug-likeness (QED) is 0.622. The van der Waals surface area contributed by atoms with Crippen molar-refractivity contribution in [2.75, 3.05) is 0 Å². The number of rotatable bonds is 3. The number of esters is 1. The van der Waals surface area contributed by atoms with Crippen molar-refractivity contribution in [2.24, 2.45) is 0 Å². The van der Waals surface area contributed by atoms with Gasteiger partial charge in [0.05, 0.1) is 0 Å². The van der Waals surface area contributed by atoms with Gasteiger partial charge in [0.2, 0.25) is 0 Å². The van der Waals surface area contributed by atoms with Crippen LogP contribution in [0.3, 0.4) is 0 Å². The smallest absolute Gasteiger partial charge is 0.308 e. The van der Waals surface area contributed by atoms with Crippen molar-refractivity contribution in [3.63, 3.8) is 0 Å². The second kappa shape index (κ2) is 6.45. The summed E-state index contributed by atoms with van der Waals surface area (Å²) in [7, 11) is 0. The van der Waals surface area contributed by atoms with Gasteiger partial charge in [-0.25, -0.2) is 0 Å². The van der Waals surface area contributed by atoms with Crippen LogP contribution in [0.15, 0.2) is 42.5 Å². The van der Waals surface area contributed by atoms with Crippen LogP contribution >= 0.6 is 0 Å². The topological polar surface area (TPSA) is 35.5 Å². The van der Waals surface area contributed by atoms with E-state index in [-0.39, 0.29) is 12.1 Å². The molecule has 120 valence electrons. The van der Waals surface area contributed by atoms with Gasteiger partial charge in [-0.3, -0.25) is 4.79 Å². The van der Waals surface area contributed by atoms with E-state index in [0.717, 1.165) is 18.6 Å². The van der Waals surface area contributed by atoms with Crippen LogP contribution in [0.25, 0.3) is 0 Å². The van der Waals surface area contributed by atoms with Gasteiger partial charge in [0.15, 0.2) is 0 Å². The largest absolute Gasteiger partial charge is 0.490 e. The number of carbonyl (C=O) groups excluding carboxylic acids is 1. The van der Waals surface area contributed by atoms with Crippen LogP contribution in [0.5, 0.6) is 11.5 Å². The molecule has 0 spiro atoms. The highest BCUT2D eigenvalue weighted by atomic mass is 16.5. The van der Waals surface area contributed by atoms with Crippen LogP contribution in [-0.4, -0.2) is 12.1 Å². The van der Waals surface area contributed by atoms with Crippen molar-refractivity contribution in [1.82, 2.24) is 0 Å². The molecule has 0 saturated carbocycles. The van der Waals surface area contributed by atoms with Crippen molar-refractivity contribution < 1.29 is 14.3 Å². The van der Waals surface area contributed by atoms with Crippen molar-refractivity contribution in [1.29, 1.82) is 0 Å². The Kier molecular flexibility index (Phi) is 4.37. The molecule has 0 fully saturated rings. The summed E-state index contributed by atoms with van der Waals surface area (Å²) in [5.41, 5.74) is 3.70. The lowest BCUT2D eigenvalue weighted by Gasteiger charge is -2.33. The number of fused-ring (bicyclic) bond motifs is 1. The van der Waals surface area contributed by atoms with Gasteiger partial charge in [-0.15, -0.1) is 0 Å². The fourth-order valence-corrected chi connectivity index (χ4v) is 3.20. The van der Waals surface area contributed by atoms with E-state index in [1.165, 1.54) is 23.6 Å². The number of hydrogen-bond acceptors (Lipinski definition) is 3. The number of hydrogen-bond donors (Lipinski definition) is 0. The number of ether oxygens (including phenoxy) is 2. The number of carbonyl (C=O) groups is 1. The molecule has 23 heavy (non-hydrogen) atoms. The minimum Gasteiger partial charge on any atom is -0.490 e. The van der Waals surface area contributed by atoms with Gasteiger partial charge in [-0.1, -0.05) is 31.2 Å². The molecular weight excluding hydrogens is 288 g/mol. The molecule has 2 unspecified atom stereocenters. The highest BCUT2D eigenvalue weighted by molar-refractivity contribution is 5.69. The van der Waals surface area contributed by atoms with Crippen LogP contribution < -0.4 is 9.47 Å². The van der Waals surface area contributed by atoms with Crippen LogP contribution in [0, 0.1) is 6.92 Å². The second-order valence-corrected chi connectivity index (χ2v) is 6.15. The molecule has 3 rings (SSSR count). The highest BCUT2D eigenvalue weighted by Gasteiger charge is 2.30.